The van der Waals surface area contributed by atoms with Crippen LogP contribution >= 0.6 is 23.8 Å². The van der Waals surface area contributed by atoms with E-state index in [1.54, 1.807) is 24.3 Å². The van der Waals surface area contributed by atoms with E-state index in [1.807, 2.05) is 0 Å². The minimum atomic E-state index is -0.600. The lowest BCUT2D eigenvalue weighted by Crippen LogP contribution is -2.18. The summed E-state index contributed by atoms with van der Waals surface area (Å²) in [5.41, 5.74) is 0.140. The molecule has 3 rings (SSSR count). The Balaban J connectivity index is 2.14. The highest BCUT2D eigenvalue weighted by molar-refractivity contribution is 7.71. The number of rotatable bonds is 3. The van der Waals surface area contributed by atoms with Gasteiger partial charge in [-0.25, -0.2) is 4.39 Å². The molecular weight excluding hydrogens is 365 g/mol. The Kier molecular flexibility index (Phi) is 4.78. The first kappa shape index (κ1) is 17.1. The predicted octanol–water partition coefficient (Wildman–Crippen LogP) is 4.14. The van der Waals surface area contributed by atoms with Crippen molar-refractivity contribution in [2.75, 3.05) is 0 Å². The molecule has 126 valence electrons. The number of hydrogen-bond donors (Lipinski definition) is 2. The van der Waals surface area contributed by atoms with E-state index in [-0.39, 0.29) is 10.3 Å². The molecule has 0 unspecified atom stereocenters. The maximum Gasteiger partial charge on any atom is 0.264 e. The Morgan fingerprint density at radius 2 is 1.88 bits per heavy atom. The van der Waals surface area contributed by atoms with E-state index in [0.717, 1.165) is 0 Å². The molecule has 1 heterocycles. The van der Waals surface area contributed by atoms with E-state index in [0.29, 0.717) is 16.4 Å². The quantitative estimate of drug-likeness (QED) is 0.533. The number of para-hydroxylation sites is 1. The highest BCUT2D eigenvalue weighted by Gasteiger charge is 2.12. The van der Waals surface area contributed by atoms with Crippen molar-refractivity contribution < 1.29 is 9.50 Å². The molecule has 0 aliphatic carbocycles. The van der Waals surface area contributed by atoms with Crippen molar-refractivity contribution in [3.05, 3.63) is 80.1 Å². The van der Waals surface area contributed by atoms with Crippen LogP contribution in [0.4, 0.5) is 10.1 Å². The van der Waals surface area contributed by atoms with Gasteiger partial charge >= 0.3 is 0 Å². The lowest BCUT2D eigenvalue weighted by Gasteiger charge is -2.11. The van der Waals surface area contributed by atoms with Crippen LogP contribution in [0.3, 0.4) is 0 Å². The number of nitrogens with zero attached hydrogens (tertiary/aromatic N) is 2. The molecular formula is C17H11ClFN3O2S. The van der Waals surface area contributed by atoms with E-state index >= 15 is 0 Å². The van der Waals surface area contributed by atoms with Gasteiger partial charge in [0.25, 0.3) is 5.56 Å². The Labute approximate surface area is 151 Å². The number of benzene rings is 2. The molecule has 0 aliphatic rings. The standard InChI is InChI=1S/C17H11ClFN3O2S/c18-13-3-1-2-4-14(13)20-9-12-15(23)21-17(25)22(16(12)24)11-7-5-10(19)6-8-11/h1-9,24H,(H,21,23,25). The molecule has 0 fully saturated rings. The van der Waals surface area contributed by atoms with Gasteiger partial charge in [-0.1, -0.05) is 23.7 Å². The van der Waals surface area contributed by atoms with Gasteiger partial charge < -0.3 is 5.11 Å². The number of aliphatic imine (C=N–C) groups is 1. The lowest BCUT2D eigenvalue weighted by molar-refractivity contribution is 0.432. The summed E-state index contributed by atoms with van der Waals surface area (Å²) in [4.78, 5) is 18.7. The minimum absolute atomic E-state index is 0.0241. The van der Waals surface area contributed by atoms with Gasteiger partial charge in [-0.3, -0.25) is 19.3 Å². The smallest absolute Gasteiger partial charge is 0.264 e. The zero-order valence-corrected chi connectivity index (χ0v) is 14.2. The number of hydrogen-bond acceptors (Lipinski definition) is 4. The molecule has 2 N–H and O–H groups in total. The van der Waals surface area contributed by atoms with Crippen molar-refractivity contribution in [1.29, 1.82) is 0 Å². The van der Waals surface area contributed by atoms with Crippen LogP contribution in [0.15, 0.2) is 58.3 Å². The number of halogens is 2. The molecule has 0 amide bonds. The van der Waals surface area contributed by atoms with Gasteiger partial charge in [0.15, 0.2) is 4.77 Å². The van der Waals surface area contributed by atoms with Crippen molar-refractivity contribution in [3.8, 4) is 11.6 Å². The second kappa shape index (κ2) is 7.00. The average molecular weight is 376 g/mol. The first-order valence-corrected chi connectivity index (χ1v) is 7.89. The van der Waals surface area contributed by atoms with Gasteiger partial charge in [-0.05, 0) is 48.6 Å². The molecule has 0 saturated heterocycles. The monoisotopic (exact) mass is 375 g/mol. The lowest BCUT2D eigenvalue weighted by atomic mass is 10.2. The number of aromatic amines is 1. The van der Waals surface area contributed by atoms with Crippen molar-refractivity contribution in [1.82, 2.24) is 9.55 Å². The van der Waals surface area contributed by atoms with E-state index in [1.165, 1.54) is 35.0 Å². The van der Waals surface area contributed by atoms with E-state index < -0.39 is 17.3 Å². The van der Waals surface area contributed by atoms with Crippen LogP contribution in [0.25, 0.3) is 5.69 Å². The van der Waals surface area contributed by atoms with E-state index in [4.69, 9.17) is 23.8 Å². The number of H-pyrrole nitrogens is 1. The number of aromatic hydroxyl groups is 1. The van der Waals surface area contributed by atoms with Crippen LogP contribution in [0.1, 0.15) is 5.56 Å². The number of aromatic nitrogens is 2. The molecule has 0 atom stereocenters. The van der Waals surface area contributed by atoms with Gasteiger partial charge in [0, 0.05) is 6.21 Å². The van der Waals surface area contributed by atoms with E-state index in [2.05, 4.69) is 9.98 Å². The summed E-state index contributed by atoms with van der Waals surface area (Å²) in [5, 5.41) is 10.9. The molecule has 0 bridgehead atoms. The normalized spacial score (nSPS) is 11.1. The summed E-state index contributed by atoms with van der Waals surface area (Å²) in [6, 6.07) is 12.1. The van der Waals surface area contributed by atoms with Crippen molar-refractivity contribution in [2.24, 2.45) is 4.99 Å². The minimum Gasteiger partial charge on any atom is -0.494 e. The summed E-state index contributed by atoms with van der Waals surface area (Å²) in [6.07, 6.45) is 1.20. The first-order chi connectivity index (χ1) is 12.0. The molecule has 8 heteroatoms. The summed E-state index contributed by atoms with van der Waals surface area (Å²) in [7, 11) is 0. The third kappa shape index (κ3) is 3.52. The largest absolute Gasteiger partial charge is 0.494 e. The molecule has 5 nitrogen and oxygen atoms in total. The molecule has 0 saturated carbocycles. The topological polar surface area (TPSA) is 70.4 Å². The molecule has 0 aliphatic heterocycles. The van der Waals surface area contributed by atoms with Crippen molar-refractivity contribution in [2.45, 2.75) is 0 Å². The Bertz CT molecular complexity index is 1070. The SMILES string of the molecule is O=c1[nH]c(=S)n(-c2ccc(F)cc2)c(O)c1C=Nc1ccccc1Cl. The van der Waals surface area contributed by atoms with Crippen LogP contribution in [-0.4, -0.2) is 20.9 Å². The van der Waals surface area contributed by atoms with E-state index in [9.17, 15) is 14.3 Å². The fourth-order valence-electron chi connectivity index (χ4n) is 2.18. The molecule has 25 heavy (non-hydrogen) atoms. The summed E-state index contributed by atoms with van der Waals surface area (Å²) in [5.74, 6) is -0.837. The van der Waals surface area contributed by atoms with Crippen LogP contribution in [0.2, 0.25) is 5.02 Å². The Morgan fingerprint density at radius 1 is 1.20 bits per heavy atom. The van der Waals surface area contributed by atoms with Crippen LogP contribution in [-0.2, 0) is 0 Å². The van der Waals surface area contributed by atoms with Crippen molar-refractivity contribution >= 4 is 35.7 Å². The van der Waals surface area contributed by atoms with Gasteiger partial charge in [0.2, 0.25) is 5.88 Å². The van der Waals surface area contributed by atoms with Gasteiger partial charge in [0.1, 0.15) is 11.4 Å². The second-order valence-electron chi connectivity index (χ2n) is 5.02. The fourth-order valence-corrected chi connectivity index (χ4v) is 2.64. The molecule has 0 spiro atoms. The van der Waals surface area contributed by atoms with Crippen LogP contribution < -0.4 is 5.56 Å². The fraction of sp³-hybridized carbons (Fsp3) is 0. The highest BCUT2D eigenvalue weighted by Crippen LogP contribution is 2.24. The maximum absolute atomic E-state index is 13.1. The Morgan fingerprint density at radius 3 is 2.56 bits per heavy atom. The molecule has 0 radical (unpaired) electrons. The summed E-state index contributed by atoms with van der Waals surface area (Å²) < 4.78 is 14.3. The molecule has 2 aromatic carbocycles. The number of nitrogens with one attached hydrogen (secondary N) is 1. The highest BCUT2D eigenvalue weighted by atomic mass is 35.5. The molecule has 1 aromatic heterocycles. The van der Waals surface area contributed by atoms with Gasteiger partial charge in [0.05, 0.1) is 16.4 Å². The van der Waals surface area contributed by atoms with Gasteiger partial charge in [-0.2, -0.15) is 0 Å². The third-order valence-corrected chi connectivity index (χ3v) is 4.00. The zero-order chi connectivity index (χ0) is 18.0. The first-order valence-electron chi connectivity index (χ1n) is 7.10. The van der Waals surface area contributed by atoms with Crippen molar-refractivity contribution in [3.63, 3.8) is 0 Å². The van der Waals surface area contributed by atoms with Crippen LogP contribution in [0.5, 0.6) is 5.88 Å². The zero-order valence-electron chi connectivity index (χ0n) is 12.6. The molecule has 3 aromatic rings. The average Bonchev–Trinajstić information content (AvgIpc) is 2.57. The van der Waals surface area contributed by atoms with Gasteiger partial charge in [-0.15, -0.1) is 0 Å². The predicted molar refractivity (Wildman–Crippen MR) is 97.6 cm³/mol. The maximum atomic E-state index is 13.1. The second-order valence-corrected chi connectivity index (χ2v) is 5.81. The third-order valence-electron chi connectivity index (χ3n) is 3.39. The summed E-state index contributed by atoms with van der Waals surface area (Å²) in [6.45, 7) is 0. The van der Waals surface area contributed by atoms with Crippen LogP contribution in [0, 0.1) is 10.6 Å². The Hall–Kier alpha value is -2.77. The summed E-state index contributed by atoms with van der Waals surface area (Å²) >= 11 is 11.1.